The van der Waals surface area contributed by atoms with Gasteiger partial charge in [-0.1, -0.05) is 22.0 Å². The average molecular weight is 321 g/mol. The van der Waals surface area contributed by atoms with Crippen molar-refractivity contribution in [3.8, 4) is 6.07 Å². The van der Waals surface area contributed by atoms with Gasteiger partial charge in [-0.3, -0.25) is 4.79 Å². The minimum atomic E-state index is 0.0640. The molecule has 1 unspecified atom stereocenters. The van der Waals surface area contributed by atoms with Crippen molar-refractivity contribution in [1.82, 2.24) is 4.90 Å². The van der Waals surface area contributed by atoms with Crippen molar-refractivity contribution in [1.29, 1.82) is 5.26 Å². The largest absolute Gasteiger partial charge is 0.336 e. The van der Waals surface area contributed by atoms with Crippen molar-refractivity contribution < 1.29 is 4.79 Å². The highest BCUT2D eigenvalue weighted by molar-refractivity contribution is 9.09. The molecule has 1 fully saturated rings. The van der Waals surface area contributed by atoms with Gasteiger partial charge in [0, 0.05) is 23.5 Å². The molecule has 1 atom stereocenters. The van der Waals surface area contributed by atoms with Crippen LogP contribution in [-0.2, 0) is 0 Å². The molecule has 19 heavy (non-hydrogen) atoms. The third kappa shape index (κ3) is 3.36. The number of alkyl halides is 1. The maximum Gasteiger partial charge on any atom is 0.254 e. The molecule has 0 aliphatic carbocycles. The van der Waals surface area contributed by atoms with Crippen molar-refractivity contribution in [3.05, 3.63) is 35.4 Å². The molecule has 1 aliphatic rings. The second kappa shape index (κ2) is 6.72. The number of amides is 1. The smallest absolute Gasteiger partial charge is 0.254 e. The lowest BCUT2D eigenvalue weighted by Gasteiger charge is -2.24. The van der Waals surface area contributed by atoms with Crippen LogP contribution in [0.4, 0.5) is 0 Å². The van der Waals surface area contributed by atoms with E-state index in [-0.39, 0.29) is 5.91 Å². The summed E-state index contributed by atoms with van der Waals surface area (Å²) in [6, 6.07) is 9.41. The van der Waals surface area contributed by atoms with Crippen molar-refractivity contribution in [2.24, 2.45) is 0 Å². The molecule has 0 spiro atoms. The second-order valence-electron chi connectivity index (χ2n) is 4.82. The fraction of sp³-hybridized carbons (Fsp3) is 0.467. The van der Waals surface area contributed by atoms with E-state index in [1.165, 1.54) is 0 Å². The van der Waals surface area contributed by atoms with Crippen LogP contribution in [0.2, 0.25) is 0 Å². The first-order valence-corrected chi connectivity index (χ1v) is 7.75. The van der Waals surface area contributed by atoms with Crippen LogP contribution < -0.4 is 0 Å². The van der Waals surface area contributed by atoms with Gasteiger partial charge in [-0.05, 0) is 43.9 Å². The summed E-state index contributed by atoms with van der Waals surface area (Å²) < 4.78 is 0. The van der Waals surface area contributed by atoms with E-state index >= 15 is 0 Å². The Balaban J connectivity index is 2.11. The van der Waals surface area contributed by atoms with Gasteiger partial charge in [0.25, 0.3) is 5.91 Å². The number of rotatable bonds is 4. The van der Waals surface area contributed by atoms with Gasteiger partial charge in [0.2, 0.25) is 0 Å². The second-order valence-corrected chi connectivity index (χ2v) is 5.61. The predicted octanol–water partition coefficient (Wildman–Crippen LogP) is 3.34. The minimum absolute atomic E-state index is 0.0640. The number of likely N-dealkylation sites (tertiary alicyclic amines) is 1. The molecule has 1 saturated heterocycles. The van der Waals surface area contributed by atoms with E-state index in [9.17, 15) is 4.79 Å². The zero-order valence-corrected chi connectivity index (χ0v) is 12.4. The molecule has 0 radical (unpaired) electrons. The lowest BCUT2D eigenvalue weighted by Crippen LogP contribution is -2.35. The summed E-state index contributed by atoms with van der Waals surface area (Å²) in [7, 11) is 0. The van der Waals surface area contributed by atoms with Gasteiger partial charge in [-0.15, -0.1) is 0 Å². The van der Waals surface area contributed by atoms with E-state index in [0.717, 1.165) is 37.6 Å². The van der Waals surface area contributed by atoms with Crippen LogP contribution in [0.25, 0.3) is 0 Å². The zero-order valence-electron chi connectivity index (χ0n) is 10.8. The summed E-state index contributed by atoms with van der Waals surface area (Å²) in [4.78, 5) is 14.5. The van der Waals surface area contributed by atoms with E-state index in [4.69, 9.17) is 5.26 Å². The molecule has 2 rings (SSSR count). The Labute approximate surface area is 122 Å². The van der Waals surface area contributed by atoms with Gasteiger partial charge in [-0.2, -0.15) is 5.26 Å². The topological polar surface area (TPSA) is 44.1 Å². The molecule has 1 heterocycles. The highest BCUT2D eigenvalue weighted by atomic mass is 79.9. The molecule has 3 nitrogen and oxygen atoms in total. The van der Waals surface area contributed by atoms with Crippen molar-refractivity contribution in [2.45, 2.75) is 31.7 Å². The minimum Gasteiger partial charge on any atom is -0.336 e. The average Bonchev–Trinajstić information content (AvgIpc) is 2.92. The summed E-state index contributed by atoms with van der Waals surface area (Å²) in [5, 5.41) is 9.88. The predicted molar refractivity (Wildman–Crippen MR) is 78.2 cm³/mol. The van der Waals surface area contributed by atoms with Crippen molar-refractivity contribution >= 4 is 21.8 Å². The Morgan fingerprint density at radius 2 is 2.37 bits per heavy atom. The number of nitrogens with zero attached hydrogens (tertiary/aromatic N) is 2. The van der Waals surface area contributed by atoms with Gasteiger partial charge in [0.15, 0.2) is 0 Å². The molecule has 0 bridgehead atoms. The highest BCUT2D eigenvalue weighted by Gasteiger charge is 2.28. The number of benzene rings is 1. The van der Waals surface area contributed by atoms with E-state index < -0.39 is 0 Å². The number of carbonyl (C=O) groups is 1. The molecule has 1 aromatic carbocycles. The monoisotopic (exact) mass is 320 g/mol. The molecule has 1 aromatic rings. The van der Waals surface area contributed by atoms with E-state index in [0.29, 0.717) is 17.2 Å². The first kappa shape index (κ1) is 14.1. The highest BCUT2D eigenvalue weighted by Crippen LogP contribution is 2.24. The lowest BCUT2D eigenvalue weighted by molar-refractivity contribution is 0.0730. The molecular weight excluding hydrogens is 304 g/mol. The first-order chi connectivity index (χ1) is 9.26. The van der Waals surface area contributed by atoms with Crippen LogP contribution in [0.3, 0.4) is 0 Å². The quantitative estimate of drug-likeness (QED) is 0.798. The Bertz CT molecular complexity index is 495. The molecule has 100 valence electrons. The maximum atomic E-state index is 12.5. The fourth-order valence-electron chi connectivity index (χ4n) is 2.60. The van der Waals surface area contributed by atoms with Crippen LogP contribution in [-0.4, -0.2) is 28.7 Å². The van der Waals surface area contributed by atoms with Crippen molar-refractivity contribution in [2.75, 3.05) is 11.9 Å². The number of carbonyl (C=O) groups excluding carboxylic acids is 1. The standard InChI is InChI=1S/C15H17BrN2O/c16-8-2-6-14-7-3-9-18(14)15(19)13-5-1-4-12(10-13)11-17/h1,4-5,10,14H,2-3,6-9H2. The maximum absolute atomic E-state index is 12.5. The molecule has 1 aliphatic heterocycles. The fourth-order valence-corrected chi connectivity index (χ4v) is 2.93. The molecule has 4 heteroatoms. The van der Waals surface area contributed by atoms with Crippen LogP contribution in [0, 0.1) is 11.3 Å². The number of hydrogen-bond acceptors (Lipinski definition) is 2. The SMILES string of the molecule is N#Cc1cccc(C(=O)N2CCCC2CCCBr)c1. The van der Waals surface area contributed by atoms with Crippen LogP contribution in [0.5, 0.6) is 0 Å². The summed E-state index contributed by atoms with van der Waals surface area (Å²) >= 11 is 3.44. The van der Waals surface area contributed by atoms with E-state index in [1.807, 2.05) is 4.90 Å². The third-order valence-corrected chi connectivity index (χ3v) is 4.11. The Hall–Kier alpha value is -1.34. The third-order valence-electron chi connectivity index (χ3n) is 3.55. The van der Waals surface area contributed by atoms with E-state index in [2.05, 4.69) is 22.0 Å². The summed E-state index contributed by atoms with van der Waals surface area (Å²) in [5.74, 6) is 0.0640. The lowest BCUT2D eigenvalue weighted by atomic mass is 10.1. The van der Waals surface area contributed by atoms with Gasteiger partial charge >= 0.3 is 0 Å². The molecule has 0 aromatic heterocycles. The normalized spacial score (nSPS) is 18.3. The van der Waals surface area contributed by atoms with Crippen molar-refractivity contribution in [3.63, 3.8) is 0 Å². The van der Waals surface area contributed by atoms with Gasteiger partial charge in [-0.25, -0.2) is 0 Å². The van der Waals surface area contributed by atoms with Crippen LogP contribution in [0.1, 0.15) is 41.6 Å². The first-order valence-electron chi connectivity index (χ1n) is 6.63. The summed E-state index contributed by atoms with van der Waals surface area (Å²) in [6.07, 6.45) is 4.31. The zero-order chi connectivity index (χ0) is 13.7. The Kier molecular flexibility index (Phi) is 4.98. The number of halogens is 1. The number of hydrogen-bond donors (Lipinski definition) is 0. The van der Waals surface area contributed by atoms with Crippen LogP contribution >= 0.6 is 15.9 Å². The summed E-state index contributed by atoms with van der Waals surface area (Å²) in [5.41, 5.74) is 1.17. The molecule has 0 N–H and O–H groups in total. The van der Waals surface area contributed by atoms with Gasteiger partial charge in [0.05, 0.1) is 11.6 Å². The molecule has 1 amide bonds. The summed E-state index contributed by atoms with van der Waals surface area (Å²) in [6.45, 7) is 0.836. The number of nitriles is 1. The van der Waals surface area contributed by atoms with Crippen LogP contribution in [0.15, 0.2) is 24.3 Å². The van der Waals surface area contributed by atoms with E-state index in [1.54, 1.807) is 24.3 Å². The Morgan fingerprint density at radius 3 is 3.11 bits per heavy atom. The van der Waals surface area contributed by atoms with Gasteiger partial charge < -0.3 is 4.90 Å². The molecular formula is C15H17BrN2O. The van der Waals surface area contributed by atoms with Gasteiger partial charge in [0.1, 0.15) is 0 Å². The molecule has 0 saturated carbocycles. The Morgan fingerprint density at radius 1 is 1.53 bits per heavy atom.